The molecule has 0 fully saturated rings. The van der Waals surface area contributed by atoms with Crippen molar-refractivity contribution < 1.29 is 13.2 Å². The molecule has 6 nitrogen and oxygen atoms in total. The van der Waals surface area contributed by atoms with Crippen LogP contribution in [0.3, 0.4) is 0 Å². The van der Waals surface area contributed by atoms with Crippen LogP contribution in [0.4, 0.5) is 5.69 Å². The summed E-state index contributed by atoms with van der Waals surface area (Å²) in [6.45, 7) is 0.573. The standard InChI is InChI=1S/C13H22N3O3S/c1-19-13-7-5-12(6-8-13)16-20(17,18)10-11(15)4-2-3-9-14/h5-8,11,15-16H,2-4,9-10,14H2,1H3. The molecule has 1 atom stereocenters. The summed E-state index contributed by atoms with van der Waals surface area (Å²) < 4.78 is 31.3. The molecule has 0 aliphatic carbocycles. The van der Waals surface area contributed by atoms with Crippen LogP contribution in [-0.2, 0) is 10.0 Å². The fraction of sp³-hybridized carbons (Fsp3) is 0.538. The van der Waals surface area contributed by atoms with Crippen molar-refractivity contribution in [1.29, 1.82) is 0 Å². The highest BCUT2D eigenvalue weighted by molar-refractivity contribution is 7.92. The molecule has 1 aromatic rings. The largest absolute Gasteiger partial charge is 0.497 e. The second-order valence-corrected chi connectivity index (χ2v) is 6.36. The van der Waals surface area contributed by atoms with Gasteiger partial charge in [-0.05, 0) is 43.7 Å². The summed E-state index contributed by atoms with van der Waals surface area (Å²) in [7, 11) is -1.95. The Morgan fingerprint density at radius 3 is 2.50 bits per heavy atom. The average molecular weight is 300 g/mol. The van der Waals surface area contributed by atoms with Crippen LogP contribution in [0, 0.1) is 0 Å². The molecule has 0 bridgehead atoms. The molecular formula is C13H22N3O3S. The zero-order valence-electron chi connectivity index (χ0n) is 11.6. The topological polar surface area (TPSA) is 105 Å². The van der Waals surface area contributed by atoms with E-state index in [1.807, 2.05) is 0 Å². The van der Waals surface area contributed by atoms with Gasteiger partial charge in [-0.15, -0.1) is 0 Å². The van der Waals surface area contributed by atoms with E-state index in [0.29, 0.717) is 24.4 Å². The lowest BCUT2D eigenvalue weighted by Gasteiger charge is -2.13. The van der Waals surface area contributed by atoms with Gasteiger partial charge < -0.3 is 10.5 Å². The fourth-order valence-electron chi connectivity index (χ4n) is 1.76. The Balaban J connectivity index is 2.51. The van der Waals surface area contributed by atoms with E-state index in [4.69, 9.17) is 16.2 Å². The molecule has 7 heteroatoms. The lowest BCUT2D eigenvalue weighted by molar-refractivity contribution is 0.415. The molecule has 0 spiro atoms. The van der Waals surface area contributed by atoms with Crippen molar-refractivity contribution in [3.05, 3.63) is 24.3 Å². The third kappa shape index (κ3) is 6.23. The van der Waals surface area contributed by atoms with E-state index < -0.39 is 16.1 Å². The number of nitrogens with one attached hydrogen (secondary N) is 2. The molecular weight excluding hydrogens is 278 g/mol. The summed E-state index contributed by atoms with van der Waals surface area (Å²) in [5.74, 6) is 0.456. The summed E-state index contributed by atoms with van der Waals surface area (Å²) in [6, 6.07) is 5.99. The van der Waals surface area contributed by atoms with Gasteiger partial charge in [-0.25, -0.2) is 8.42 Å². The lowest BCUT2D eigenvalue weighted by atomic mass is 10.1. The van der Waals surface area contributed by atoms with Gasteiger partial charge in [-0.1, -0.05) is 6.42 Å². The first-order valence-corrected chi connectivity index (χ1v) is 8.18. The van der Waals surface area contributed by atoms with Crippen molar-refractivity contribution in [2.24, 2.45) is 5.73 Å². The van der Waals surface area contributed by atoms with E-state index in [2.05, 4.69) is 4.72 Å². The van der Waals surface area contributed by atoms with Crippen molar-refractivity contribution in [2.75, 3.05) is 24.1 Å². The molecule has 0 heterocycles. The van der Waals surface area contributed by atoms with Gasteiger partial charge in [0, 0.05) is 11.7 Å². The summed E-state index contributed by atoms with van der Waals surface area (Å²) in [5, 5.41) is 0. The maximum atomic E-state index is 11.9. The van der Waals surface area contributed by atoms with Crippen LogP contribution in [0.2, 0.25) is 0 Å². The van der Waals surface area contributed by atoms with E-state index in [9.17, 15) is 8.42 Å². The smallest absolute Gasteiger partial charge is 0.234 e. The number of unbranched alkanes of at least 4 members (excludes halogenated alkanes) is 1. The van der Waals surface area contributed by atoms with Gasteiger partial charge in [-0.3, -0.25) is 10.5 Å². The maximum Gasteiger partial charge on any atom is 0.234 e. The van der Waals surface area contributed by atoms with Crippen LogP contribution in [0.5, 0.6) is 5.75 Å². The average Bonchev–Trinajstić information content (AvgIpc) is 2.38. The number of benzene rings is 1. The van der Waals surface area contributed by atoms with Gasteiger partial charge in [0.05, 0.1) is 12.9 Å². The molecule has 0 aliphatic rings. The highest BCUT2D eigenvalue weighted by Crippen LogP contribution is 2.16. The van der Waals surface area contributed by atoms with Gasteiger partial charge >= 0.3 is 0 Å². The van der Waals surface area contributed by atoms with Crippen LogP contribution in [0.15, 0.2) is 24.3 Å². The van der Waals surface area contributed by atoms with Gasteiger partial charge in [0.15, 0.2) is 0 Å². The Morgan fingerprint density at radius 1 is 1.30 bits per heavy atom. The first-order chi connectivity index (χ1) is 9.46. The molecule has 20 heavy (non-hydrogen) atoms. The minimum absolute atomic E-state index is 0.205. The van der Waals surface area contributed by atoms with E-state index in [0.717, 1.165) is 12.8 Å². The molecule has 1 rings (SSSR count). The molecule has 113 valence electrons. The van der Waals surface area contributed by atoms with Crippen molar-refractivity contribution in [3.8, 4) is 5.75 Å². The molecule has 4 N–H and O–H groups in total. The van der Waals surface area contributed by atoms with E-state index in [1.54, 1.807) is 31.4 Å². The number of sulfonamides is 1. The minimum atomic E-state index is -3.50. The zero-order chi connectivity index (χ0) is 15.0. The van der Waals surface area contributed by atoms with Gasteiger partial charge in [0.2, 0.25) is 10.0 Å². The summed E-state index contributed by atoms with van der Waals surface area (Å²) >= 11 is 0. The number of anilines is 1. The number of methoxy groups -OCH3 is 1. The number of hydrogen-bond donors (Lipinski definition) is 2. The SMILES string of the molecule is COc1ccc(NS(=O)(=O)CC([NH])CCCCN)cc1. The molecule has 0 aromatic heterocycles. The van der Waals surface area contributed by atoms with Crippen LogP contribution >= 0.6 is 0 Å². The second-order valence-electron chi connectivity index (χ2n) is 4.59. The third-order valence-corrected chi connectivity index (χ3v) is 4.18. The lowest BCUT2D eigenvalue weighted by Crippen LogP contribution is -2.27. The quantitative estimate of drug-likeness (QED) is 0.669. The number of rotatable bonds is 9. The summed E-state index contributed by atoms with van der Waals surface area (Å²) in [4.78, 5) is 0. The van der Waals surface area contributed by atoms with Crippen LogP contribution in [-0.4, -0.2) is 33.9 Å². The van der Waals surface area contributed by atoms with Crippen LogP contribution in [0.25, 0.3) is 0 Å². The normalized spacial score (nSPS) is 12.9. The van der Waals surface area contributed by atoms with E-state index >= 15 is 0 Å². The molecule has 0 aliphatic heterocycles. The molecule has 0 saturated heterocycles. The Bertz CT molecular complexity index is 488. The predicted octanol–water partition coefficient (Wildman–Crippen LogP) is 1.22. The Kier molecular flexibility index (Phi) is 6.77. The molecule has 0 saturated carbocycles. The molecule has 1 unspecified atom stereocenters. The number of ether oxygens (including phenoxy) is 1. The fourth-order valence-corrected chi connectivity index (χ4v) is 3.04. The van der Waals surface area contributed by atoms with Crippen molar-refractivity contribution in [3.63, 3.8) is 0 Å². The van der Waals surface area contributed by atoms with Gasteiger partial charge in [0.1, 0.15) is 5.75 Å². The maximum absolute atomic E-state index is 11.9. The van der Waals surface area contributed by atoms with E-state index in [-0.39, 0.29) is 5.75 Å². The third-order valence-electron chi connectivity index (χ3n) is 2.79. The van der Waals surface area contributed by atoms with Crippen molar-refractivity contribution in [2.45, 2.75) is 25.3 Å². The first kappa shape index (κ1) is 16.7. The van der Waals surface area contributed by atoms with Crippen molar-refractivity contribution in [1.82, 2.24) is 5.73 Å². The summed E-state index contributed by atoms with van der Waals surface area (Å²) in [6.07, 6.45) is 2.14. The highest BCUT2D eigenvalue weighted by atomic mass is 32.2. The van der Waals surface area contributed by atoms with Crippen LogP contribution in [0.1, 0.15) is 19.3 Å². The second kappa shape index (κ2) is 8.08. The van der Waals surface area contributed by atoms with Crippen LogP contribution < -0.4 is 20.9 Å². The summed E-state index contributed by atoms with van der Waals surface area (Å²) in [5.41, 5.74) is 13.6. The van der Waals surface area contributed by atoms with E-state index in [1.165, 1.54) is 0 Å². The first-order valence-electron chi connectivity index (χ1n) is 6.52. The Hall–Kier alpha value is -1.31. The van der Waals surface area contributed by atoms with Gasteiger partial charge in [-0.2, -0.15) is 0 Å². The zero-order valence-corrected chi connectivity index (χ0v) is 12.4. The highest BCUT2D eigenvalue weighted by Gasteiger charge is 2.16. The Morgan fingerprint density at radius 2 is 1.95 bits per heavy atom. The number of hydrogen-bond acceptors (Lipinski definition) is 4. The monoisotopic (exact) mass is 300 g/mol. The number of nitrogens with two attached hydrogens (primary N) is 1. The predicted molar refractivity (Wildman–Crippen MR) is 80.2 cm³/mol. The Labute approximate surface area is 120 Å². The molecule has 1 radical (unpaired) electrons. The molecule has 0 amide bonds. The molecule has 1 aromatic carbocycles. The van der Waals surface area contributed by atoms with Gasteiger partial charge in [0.25, 0.3) is 0 Å². The van der Waals surface area contributed by atoms with Crippen molar-refractivity contribution >= 4 is 15.7 Å². The minimum Gasteiger partial charge on any atom is -0.497 e.